The molecule has 0 aliphatic rings. The average molecular weight is 246 g/mol. The van der Waals surface area contributed by atoms with Gasteiger partial charge in [0.25, 0.3) is 0 Å². The van der Waals surface area contributed by atoms with Crippen molar-refractivity contribution < 1.29 is 0 Å². The van der Waals surface area contributed by atoms with E-state index < -0.39 is 0 Å². The SMILES string of the molecule is Clc1ccc2c(-c3cccs3)ccnc2c1. The lowest BCUT2D eigenvalue weighted by molar-refractivity contribution is 1.41. The number of rotatable bonds is 1. The van der Waals surface area contributed by atoms with Gasteiger partial charge in [0.05, 0.1) is 5.52 Å². The Kier molecular flexibility index (Phi) is 2.39. The molecule has 2 heterocycles. The molecule has 78 valence electrons. The Morgan fingerprint density at radius 3 is 2.88 bits per heavy atom. The average Bonchev–Trinajstić information content (AvgIpc) is 2.81. The molecule has 0 aliphatic carbocycles. The van der Waals surface area contributed by atoms with Crippen LogP contribution in [0.4, 0.5) is 0 Å². The van der Waals surface area contributed by atoms with E-state index in [0.29, 0.717) is 0 Å². The molecule has 3 heteroatoms. The molecule has 0 fully saturated rings. The highest BCUT2D eigenvalue weighted by molar-refractivity contribution is 7.13. The number of hydrogen-bond donors (Lipinski definition) is 0. The van der Waals surface area contributed by atoms with E-state index in [9.17, 15) is 0 Å². The van der Waals surface area contributed by atoms with Gasteiger partial charge < -0.3 is 0 Å². The Morgan fingerprint density at radius 2 is 2.06 bits per heavy atom. The van der Waals surface area contributed by atoms with Gasteiger partial charge in [0.15, 0.2) is 0 Å². The van der Waals surface area contributed by atoms with Gasteiger partial charge in [-0.05, 0) is 29.6 Å². The highest BCUT2D eigenvalue weighted by Crippen LogP contribution is 2.31. The lowest BCUT2D eigenvalue weighted by Crippen LogP contribution is -1.81. The Hall–Kier alpha value is -1.38. The van der Waals surface area contributed by atoms with Crippen molar-refractivity contribution >= 4 is 33.8 Å². The number of nitrogens with zero attached hydrogens (tertiary/aromatic N) is 1. The molecule has 0 spiro atoms. The van der Waals surface area contributed by atoms with Crippen molar-refractivity contribution in [2.45, 2.75) is 0 Å². The van der Waals surface area contributed by atoms with Gasteiger partial charge in [-0.1, -0.05) is 23.7 Å². The molecule has 1 aromatic carbocycles. The van der Waals surface area contributed by atoms with E-state index in [2.05, 4.69) is 22.5 Å². The van der Waals surface area contributed by atoms with E-state index in [1.807, 2.05) is 30.5 Å². The summed E-state index contributed by atoms with van der Waals surface area (Å²) >= 11 is 7.69. The van der Waals surface area contributed by atoms with Gasteiger partial charge in [-0.2, -0.15) is 0 Å². The van der Waals surface area contributed by atoms with Crippen LogP contribution in [0.1, 0.15) is 0 Å². The van der Waals surface area contributed by atoms with Crippen LogP contribution in [0.15, 0.2) is 48.0 Å². The maximum Gasteiger partial charge on any atom is 0.0723 e. The smallest absolute Gasteiger partial charge is 0.0723 e. The van der Waals surface area contributed by atoms with E-state index in [1.54, 1.807) is 11.3 Å². The first-order valence-corrected chi connectivity index (χ1v) is 6.18. The number of benzene rings is 1. The monoisotopic (exact) mass is 245 g/mol. The molecule has 0 saturated heterocycles. The maximum atomic E-state index is 5.96. The summed E-state index contributed by atoms with van der Waals surface area (Å²) in [4.78, 5) is 5.59. The Labute approximate surface area is 102 Å². The largest absolute Gasteiger partial charge is 0.256 e. The Balaban J connectivity index is 2.34. The van der Waals surface area contributed by atoms with Crippen LogP contribution in [0.3, 0.4) is 0 Å². The second-order valence-corrected chi connectivity index (χ2v) is 4.88. The molecular weight excluding hydrogens is 238 g/mol. The summed E-state index contributed by atoms with van der Waals surface area (Å²) in [6.45, 7) is 0. The first kappa shape index (κ1) is 9.82. The third kappa shape index (κ3) is 1.60. The molecule has 3 rings (SSSR count). The molecule has 0 unspecified atom stereocenters. The number of aromatic nitrogens is 1. The van der Waals surface area contributed by atoms with Crippen LogP contribution in [0.25, 0.3) is 21.3 Å². The highest BCUT2D eigenvalue weighted by Gasteiger charge is 2.05. The molecule has 0 saturated carbocycles. The van der Waals surface area contributed by atoms with Crippen LogP contribution in [-0.4, -0.2) is 4.98 Å². The first-order valence-electron chi connectivity index (χ1n) is 4.93. The normalized spacial score (nSPS) is 10.8. The topological polar surface area (TPSA) is 12.9 Å². The number of halogens is 1. The molecular formula is C13H8ClNS. The van der Waals surface area contributed by atoms with E-state index in [0.717, 1.165) is 15.9 Å². The molecule has 16 heavy (non-hydrogen) atoms. The van der Waals surface area contributed by atoms with E-state index in [1.165, 1.54) is 10.4 Å². The van der Waals surface area contributed by atoms with Crippen molar-refractivity contribution in [1.82, 2.24) is 4.98 Å². The first-order chi connectivity index (χ1) is 7.84. The van der Waals surface area contributed by atoms with Gasteiger partial charge in [-0.25, -0.2) is 0 Å². The fraction of sp³-hybridized carbons (Fsp3) is 0. The highest BCUT2D eigenvalue weighted by atomic mass is 35.5. The molecule has 0 N–H and O–H groups in total. The number of pyridine rings is 1. The Bertz CT molecular complexity index is 631. The zero-order valence-corrected chi connectivity index (χ0v) is 9.92. The van der Waals surface area contributed by atoms with E-state index in [-0.39, 0.29) is 0 Å². The van der Waals surface area contributed by atoms with Crippen molar-refractivity contribution in [1.29, 1.82) is 0 Å². The zero-order chi connectivity index (χ0) is 11.0. The van der Waals surface area contributed by atoms with Crippen molar-refractivity contribution in [2.75, 3.05) is 0 Å². The van der Waals surface area contributed by atoms with Gasteiger partial charge in [-0.15, -0.1) is 11.3 Å². The van der Waals surface area contributed by atoms with Crippen molar-refractivity contribution in [3.63, 3.8) is 0 Å². The third-order valence-electron chi connectivity index (χ3n) is 2.49. The van der Waals surface area contributed by atoms with Crippen molar-refractivity contribution in [2.24, 2.45) is 0 Å². The lowest BCUT2D eigenvalue weighted by atomic mass is 10.1. The van der Waals surface area contributed by atoms with E-state index >= 15 is 0 Å². The lowest BCUT2D eigenvalue weighted by Gasteiger charge is -2.03. The molecule has 0 bridgehead atoms. The molecule has 1 nitrogen and oxygen atoms in total. The standard InChI is InChI=1S/C13H8ClNS/c14-9-3-4-10-11(13-2-1-7-16-13)5-6-15-12(10)8-9/h1-8H. The Morgan fingerprint density at radius 1 is 1.12 bits per heavy atom. The minimum absolute atomic E-state index is 0.725. The minimum Gasteiger partial charge on any atom is -0.256 e. The summed E-state index contributed by atoms with van der Waals surface area (Å²) in [5.74, 6) is 0. The van der Waals surface area contributed by atoms with Crippen molar-refractivity contribution in [3.8, 4) is 10.4 Å². The summed E-state index contributed by atoms with van der Waals surface area (Å²) in [6.07, 6.45) is 1.83. The molecule has 0 atom stereocenters. The summed E-state index contributed by atoms with van der Waals surface area (Å²) in [5.41, 5.74) is 2.16. The zero-order valence-electron chi connectivity index (χ0n) is 8.35. The van der Waals surface area contributed by atoms with Crippen LogP contribution in [0.5, 0.6) is 0 Å². The third-order valence-corrected chi connectivity index (χ3v) is 3.63. The molecule has 0 amide bonds. The van der Waals surface area contributed by atoms with Gasteiger partial charge in [0, 0.05) is 27.0 Å². The predicted octanol–water partition coefficient (Wildman–Crippen LogP) is 4.62. The van der Waals surface area contributed by atoms with E-state index in [4.69, 9.17) is 11.6 Å². The van der Waals surface area contributed by atoms with Gasteiger partial charge in [-0.3, -0.25) is 4.98 Å². The van der Waals surface area contributed by atoms with Crippen LogP contribution < -0.4 is 0 Å². The van der Waals surface area contributed by atoms with Crippen LogP contribution in [0.2, 0.25) is 5.02 Å². The summed E-state index contributed by atoms with van der Waals surface area (Å²) in [7, 11) is 0. The number of thiophene rings is 1. The van der Waals surface area contributed by atoms with Crippen LogP contribution in [-0.2, 0) is 0 Å². The van der Waals surface area contributed by atoms with Gasteiger partial charge in [0.2, 0.25) is 0 Å². The van der Waals surface area contributed by atoms with Gasteiger partial charge >= 0.3 is 0 Å². The quantitative estimate of drug-likeness (QED) is 0.610. The second-order valence-electron chi connectivity index (χ2n) is 3.50. The molecule has 2 aromatic heterocycles. The minimum atomic E-state index is 0.725. The number of hydrogen-bond acceptors (Lipinski definition) is 2. The maximum absolute atomic E-state index is 5.96. The number of fused-ring (bicyclic) bond motifs is 1. The van der Waals surface area contributed by atoms with Crippen LogP contribution >= 0.6 is 22.9 Å². The molecule has 3 aromatic rings. The summed E-state index contributed by atoms with van der Waals surface area (Å²) < 4.78 is 0. The fourth-order valence-electron chi connectivity index (χ4n) is 1.77. The van der Waals surface area contributed by atoms with Gasteiger partial charge in [0.1, 0.15) is 0 Å². The van der Waals surface area contributed by atoms with Crippen molar-refractivity contribution in [3.05, 3.63) is 53.0 Å². The predicted molar refractivity (Wildman–Crippen MR) is 70.1 cm³/mol. The fourth-order valence-corrected chi connectivity index (χ4v) is 2.70. The summed E-state index contributed by atoms with van der Waals surface area (Å²) in [5, 5.41) is 3.95. The second kappa shape index (κ2) is 3.89. The molecule has 0 aliphatic heterocycles. The summed E-state index contributed by atoms with van der Waals surface area (Å²) in [6, 6.07) is 12.1. The molecule has 0 radical (unpaired) electrons. The van der Waals surface area contributed by atoms with Crippen LogP contribution in [0, 0.1) is 0 Å².